The first-order valence-corrected chi connectivity index (χ1v) is 16.3. The van der Waals surface area contributed by atoms with E-state index >= 15 is 0 Å². The van der Waals surface area contributed by atoms with Crippen molar-refractivity contribution in [2.45, 2.75) is 5.79 Å². The van der Waals surface area contributed by atoms with Gasteiger partial charge in [0.25, 0.3) is 5.79 Å². The predicted molar refractivity (Wildman–Crippen MR) is 197 cm³/mol. The maximum Gasteiger partial charge on any atom is 0.262 e. The summed E-state index contributed by atoms with van der Waals surface area (Å²) in [6, 6.07) is 59.8. The van der Waals surface area contributed by atoms with Crippen LogP contribution in [-0.2, 0) is 5.79 Å². The van der Waals surface area contributed by atoms with Gasteiger partial charge >= 0.3 is 0 Å². The van der Waals surface area contributed by atoms with Gasteiger partial charge in [-0.2, -0.15) is 10.5 Å². The van der Waals surface area contributed by atoms with Gasteiger partial charge in [0.15, 0.2) is 0 Å². The second-order valence-electron chi connectivity index (χ2n) is 11.8. The van der Waals surface area contributed by atoms with Gasteiger partial charge in [-0.1, -0.05) is 152 Å². The van der Waals surface area contributed by atoms with Crippen LogP contribution in [0.2, 0.25) is 0 Å². The monoisotopic (exact) mass is 640 g/mol. The first-order chi connectivity index (χ1) is 24.7. The van der Waals surface area contributed by atoms with Crippen LogP contribution in [0.4, 0.5) is 0 Å². The van der Waals surface area contributed by atoms with Gasteiger partial charge in [0.1, 0.15) is 5.82 Å². The lowest BCUT2D eigenvalue weighted by Crippen LogP contribution is -2.32. The number of benzene rings is 6. The smallest absolute Gasteiger partial charge is 0.262 e. The fourth-order valence-corrected chi connectivity index (χ4v) is 6.59. The summed E-state index contributed by atoms with van der Waals surface area (Å²) in [7, 11) is 0. The van der Waals surface area contributed by atoms with Gasteiger partial charge in [-0.15, -0.1) is 0 Å². The van der Waals surface area contributed by atoms with Crippen LogP contribution in [0.15, 0.2) is 180 Å². The van der Waals surface area contributed by atoms with Gasteiger partial charge in [0, 0.05) is 33.4 Å². The summed E-state index contributed by atoms with van der Waals surface area (Å²) in [6.45, 7) is 0. The van der Waals surface area contributed by atoms with Crippen molar-refractivity contribution >= 4 is 11.4 Å². The zero-order valence-electron chi connectivity index (χ0n) is 26.8. The van der Waals surface area contributed by atoms with Gasteiger partial charge in [-0.3, -0.25) is 4.57 Å². The fourth-order valence-electron chi connectivity index (χ4n) is 6.59. The average molecular weight is 641 g/mol. The minimum atomic E-state index is -1.55. The summed E-state index contributed by atoms with van der Waals surface area (Å²) in [5, 5.41) is 21.0. The Labute approximate surface area is 290 Å². The van der Waals surface area contributed by atoms with Crippen LogP contribution in [0.5, 0.6) is 0 Å². The van der Waals surface area contributed by atoms with Gasteiger partial charge in [0.05, 0.1) is 46.1 Å². The topological polar surface area (TPSA) is 90.1 Å². The molecule has 0 unspecified atom stereocenters. The maximum absolute atomic E-state index is 10.6. The van der Waals surface area contributed by atoms with E-state index < -0.39 is 5.79 Å². The molecule has 6 heteroatoms. The third kappa shape index (κ3) is 5.09. The minimum Gasteiger partial charge on any atom is -0.275 e. The Morgan fingerprint density at radius 2 is 0.900 bits per heavy atom. The molecule has 6 nitrogen and oxygen atoms in total. The molecule has 7 aromatic rings. The van der Waals surface area contributed by atoms with Crippen LogP contribution in [0.25, 0.3) is 33.9 Å². The molecule has 0 radical (unpaired) electrons. The quantitative estimate of drug-likeness (QED) is 0.174. The van der Waals surface area contributed by atoms with E-state index in [1.165, 1.54) is 0 Å². The highest BCUT2D eigenvalue weighted by atomic mass is 15.4. The highest BCUT2D eigenvalue weighted by Crippen LogP contribution is 2.47. The normalized spacial score (nSPS) is 13.2. The molecule has 0 spiro atoms. The number of nitrogens with zero attached hydrogens (tertiary/aromatic N) is 6. The number of nitriles is 2. The number of rotatable bonds is 7. The Kier molecular flexibility index (Phi) is 7.73. The van der Waals surface area contributed by atoms with Crippen molar-refractivity contribution in [2.24, 2.45) is 9.98 Å². The van der Waals surface area contributed by atoms with E-state index in [4.69, 9.17) is 15.0 Å². The van der Waals surface area contributed by atoms with E-state index in [2.05, 4.69) is 12.1 Å². The van der Waals surface area contributed by atoms with Crippen molar-refractivity contribution in [3.05, 3.63) is 198 Å². The largest absolute Gasteiger partial charge is 0.275 e. The molecule has 2 heterocycles. The molecule has 0 aliphatic carbocycles. The molecule has 8 rings (SSSR count). The average Bonchev–Trinajstić information content (AvgIpc) is 3.80. The molecule has 1 aliphatic rings. The number of hydrogen-bond donors (Lipinski definition) is 0. The van der Waals surface area contributed by atoms with Crippen molar-refractivity contribution in [3.8, 4) is 46.0 Å². The third-order valence-corrected chi connectivity index (χ3v) is 8.84. The summed E-state index contributed by atoms with van der Waals surface area (Å²) in [5.41, 5.74) is 8.45. The lowest BCUT2D eigenvalue weighted by atomic mass is 9.98. The molecule has 1 aromatic heterocycles. The molecular formula is C44H28N6. The van der Waals surface area contributed by atoms with Crippen molar-refractivity contribution in [1.29, 1.82) is 10.5 Å². The maximum atomic E-state index is 10.6. The highest BCUT2D eigenvalue weighted by Gasteiger charge is 2.46. The zero-order chi connectivity index (χ0) is 33.9. The zero-order valence-corrected chi connectivity index (χ0v) is 26.8. The first kappa shape index (κ1) is 30.2. The van der Waals surface area contributed by atoms with Gasteiger partial charge in [0.2, 0.25) is 0 Å². The summed E-state index contributed by atoms with van der Waals surface area (Å²) in [5.74, 6) is -1.05. The van der Waals surface area contributed by atoms with Crippen molar-refractivity contribution in [3.63, 3.8) is 0 Å². The van der Waals surface area contributed by atoms with Crippen LogP contribution in [0.3, 0.4) is 0 Å². The molecule has 0 bridgehead atoms. The Morgan fingerprint density at radius 1 is 0.460 bits per heavy atom. The van der Waals surface area contributed by atoms with E-state index in [0.29, 0.717) is 45.2 Å². The Hall–Kier alpha value is -7.15. The lowest BCUT2D eigenvalue weighted by Gasteiger charge is -2.30. The number of hydrogen-bond acceptors (Lipinski definition) is 5. The molecule has 0 saturated heterocycles. The summed E-state index contributed by atoms with van der Waals surface area (Å²) < 4.78 is 2.04. The first-order valence-electron chi connectivity index (χ1n) is 16.3. The molecule has 6 aromatic carbocycles. The van der Waals surface area contributed by atoms with E-state index in [0.717, 1.165) is 27.9 Å². The predicted octanol–water partition coefficient (Wildman–Crippen LogP) is 9.28. The summed E-state index contributed by atoms with van der Waals surface area (Å²) in [4.78, 5) is 16.7. The van der Waals surface area contributed by atoms with Crippen molar-refractivity contribution in [2.75, 3.05) is 0 Å². The molecule has 0 saturated carbocycles. The van der Waals surface area contributed by atoms with Crippen LogP contribution < -0.4 is 0 Å². The standard InChI is InChI=1S/C44H28N6/c45-29-35-25-13-15-27-37(35)43-47-41(33-21-9-3-10-22-33)42(34-23-11-4-12-24-34)50(43)44(38-28-16-14-26-36(38)30-46)48-39(31-17-5-1-6-18-31)40(49-44)32-19-7-2-8-20-32/h1-28H. The molecule has 1 aliphatic heterocycles. The molecule has 50 heavy (non-hydrogen) atoms. The fraction of sp³-hybridized carbons (Fsp3) is 0.0227. The minimum absolute atomic E-state index is 0.426. The van der Waals surface area contributed by atoms with E-state index in [-0.39, 0.29) is 0 Å². The van der Waals surface area contributed by atoms with Crippen molar-refractivity contribution in [1.82, 2.24) is 9.55 Å². The molecule has 0 amide bonds. The Bertz CT molecular complexity index is 2430. The second-order valence-corrected chi connectivity index (χ2v) is 11.8. The van der Waals surface area contributed by atoms with Crippen LogP contribution in [0, 0.1) is 22.7 Å². The Morgan fingerprint density at radius 3 is 1.44 bits per heavy atom. The number of imidazole rings is 1. The van der Waals surface area contributed by atoms with Crippen LogP contribution >= 0.6 is 0 Å². The molecule has 0 atom stereocenters. The summed E-state index contributed by atoms with van der Waals surface area (Å²) in [6.07, 6.45) is 0. The van der Waals surface area contributed by atoms with Gasteiger partial charge < -0.3 is 0 Å². The molecular weight excluding hydrogens is 613 g/mol. The highest BCUT2D eigenvalue weighted by molar-refractivity contribution is 6.54. The molecule has 234 valence electrons. The van der Waals surface area contributed by atoms with Crippen LogP contribution in [0.1, 0.15) is 27.8 Å². The van der Waals surface area contributed by atoms with E-state index in [1.807, 2.05) is 162 Å². The Balaban J connectivity index is 1.61. The molecule has 0 fully saturated rings. The lowest BCUT2D eigenvalue weighted by molar-refractivity contribution is 0.408. The summed E-state index contributed by atoms with van der Waals surface area (Å²) >= 11 is 0. The van der Waals surface area contributed by atoms with E-state index in [9.17, 15) is 10.5 Å². The number of aromatic nitrogens is 2. The third-order valence-electron chi connectivity index (χ3n) is 8.84. The van der Waals surface area contributed by atoms with Crippen molar-refractivity contribution < 1.29 is 0 Å². The molecule has 0 N–H and O–H groups in total. The van der Waals surface area contributed by atoms with E-state index in [1.54, 1.807) is 12.1 Å². The van der Waals surface area contributed by atoms with Gasteiger partial charge in [-0.05, 0) is 18.2 Å². The SMILES string of the molecule is N#Cc1ccccc1-c1nc(-c2ccccc2)c(-c2ccccc2)n1C1(c2ccccc2C#N)N=C(c2ccccc2)C(c2ccccc2)=N1. The second kappa shape index (κ2) is 12.8. The van der Waals surface area contributed by atoms with Crippen LogP contribution in [-0.4, -0.2) is 21.0 Å². The number of aliphatic imine (C=N–C) groups is 2. The van der Waals surface area contributed by atoms with Gasteiger partial charge in [-0.25, -0.2) is 15.0 Å².